The largest absolute Gasteiger partial charge is 0.387 e. The molecule has 5 heteroatoms. The van der Waals surface area contributed by atoms with E-state index < -0.39 is 24.6 Å². The number of hydrogen-bond acceptors (Lipinski definition) is 5. The molecule has 24 heavy (non-hydrogen) atoms. The van der Waals surface area contributed by atoms with Crippen molar-refractivity contribution in [2.45, 2.75) is 37.8 Å². The lowest BCUT2D eigenvalue weighted by Crippen LogP contribution is -2.54. The molecule has 0 aromatic heterocycles. The van der Waals surface area contributed by atoms with Crippen LogP contribution in [0.4, 0.5) is 0 Å². The fourth-order valence-electron chi connectivity index (χ4n) is 2.64. The quantitative estimate of drug-likeness (QED) is 0.846. The molecular formula is C19H22O5. The van der Waals surface area contributed by atoms with Crippen LogP contribution in [0.1, 0.15) is 11.1 Å². The van der Waals surface area contributed by atoms with Crippen molar-refractivity contribution in [1.29, 1.82) is 0 Å². The Hall–Kier alpha value is -1.76. The van der Waals surface area contributed by atoms with Crippen LogP contribution in [-0.4, -0.2) is 41.4 Å². The van der Waals surface area contributed by atoms with Gasteiger partial charge in [0.05, 0.1) is 19.8 Å². The third-order valence-corrected chi connectivity index (χ3v) is 4.02. The number of ether oxygens (including phenoxy) is 3. The fourth-order valence-corrected chi connectivity index (χ4v) is 2.64. The van der Waals surface area contributed by atoms with Crippen molar-refractivity contribution in [3.8, 4) is 0 Å². The Morgan fingerprint density at radius 1 is 0.833 bits per heavy atom. The summed E-state index contributed by atoms with van der Waals surface area (Å²) in [6.45, 7) is 0.780. The molecule has 2 aromatic carbocycles. The molecule has 2 N–H and O–H groups in total. The molecule has 0 aliphatic carbocycles. The van der Waals surface area contributed by atoms with Gasteiger partial charge in [0.2, 0.25) is 0 Å². The zero-order valence-electron chi connectivity index (χ0n) is 13.3. The molecule has 2 aromatic rings. The summed E-state index contributed by atoms with van der Waals surface area (Å²) < 4.78 is 16.7. The van der Waals surface area contributed by atoms with Crippen molar-refractivity contribution in [2.24, 2.45) is 0 Å². The summed E-state index contributed by atoms with van der Waals surface area (Å²) in [5.41, 5.74) is 1.97. The Morgan fingerprint density at radius 2 is 1.38 bits per heavy atom. The highest BCUT2D eigenvalue weighted by Crippen LogP contribution is 2.21. The van der Waals surface area contributed by atoms with Gasteiger partial charge in [0.1, 0.15) is 18.3 Å². The van der Waals surface area contributed by atoms with Gasteiger partial charge >= 0.3 is 0 Å². The maximum Gasteiger partial charge on any atom is 0.183 e. The van der Waals surface area contributed by atoms with E-state index in [1.807, 2.05) is 60.7 Å². The molecule has 1 fully saturated rings. The van der Waals surface area contributed by atoms with Crippen molar-refractivity contribution in [3.05, 3.63) is 71.8 Å². The van der Waals surface area contributed by atoms with Crippen molar-refractivity contribution >= 4 is 0 Å². The zero-order valence-corrected chi connectivity index (χ0v) is 13.3. The standard InChI is InChI=1S/C19H22O5/c20-17-16(22-11-14-7-3-1-4-8-14)13-24-19(21)18(17)23-12-15-9-5-2-6-10-15/h1-10,16-21H,11-13H2/t16-,17?,18?,19-/m1/s1. The summed E-state index contributed by atoms with van der Waals surface area (Å²) in [7, 11) is 0. The highest BCUT2D eigenvalue weighted by Gasteiger charge is 2.40. The number of aliphatic hydroxyl groups excluding tert-OH is 2. The molecule has 1 aliphatic rings. The highest BCUT2D eigenvalue weighted by molar-refractivity contribution is 5.14. The first-order valence-corrected chi connectivity index (χ1v) is 8.03. The van der Waals surface area contributed by atoms with Crippen LogP contribution in [0.25, 0.3) is 0 Å². The number of rotatable bonds is 6. The van der Waals surface area contributed by atoms with Gasteiger partial charge in [-0.05, 0) is 11.1 Å². The smallest absolute Gasteiger partial charge is 0.183 e. The van der Waals surface area contributed by atoms with Gasteiger partial charge in [-0.25, -0.2) is 0 Å². The Bertz CT molecular complexity index is 604. The van der Waals surface area contributed by atoms with Crippen LogP contribution in [-0.2, 0) is 27.4 Å². The molecule has 2 unspecified atom stereocenters. The maximum absolute atomic E-state index is 10.5. The van der Waals surface area contributed by atoms with Gasteiger partial charge < -0.3 is 24.4 Å². The van der Waals surface area contributed by atoms with Gasteiger partial charge in [-0.15, -0.1) is 0 Å². The Morgan fingerprint density at radius 3 is 1.96 bits per heavy atom. The molecular weight excluding hydrogens is 308 g/mol. The van der Waals surface area contributed by atoms with Gasteiger partial charge in [-0.3, -0.25) is 0 Å². The van der Waals surface area contributed by atoms with Gasteiger partial charge in [0, 0.05) is 0 Å². The second-order valence-electron chi connectivity index (χ2n) is 5.81. The minimum Gasteiger partial charge on any atom is -0.387 e. The molecule has 0 spiro atoms. The third-order valence-electron chi connectivity index (χ3n) is 4.02. The third kappa shape index (κ3) is 4.41. The Labute approximate surface area is 141 Å². The average molecular weight is 330 g/mol. The molecule has 5 nitrogen and oxygen atoms in total. The van der Waals surface area contributed by atoms with E-state index in [0.29, 0.717) is 6.61 Å². The Kier molecular flexibility index (Phi) is 5.96. The van der Waals surface area contributed by atoms with Crippen LogP contribution < -0.4 is 0 Å². The number of hydrogen-bond donors (Lipinski definition) is 2. The summed E-state index contributed by atoms with van der Waals surface area (Å²) in [5, 5.41) is 20.4. The average Bonchev–Trinajstić information content (AvgIpc) is 2.63. The van der Waals surface area contributed by atoms with E-state index in [-0.39, 0.29) is 13.2 Å². The molecule has 1 heterocycles. The minimum atomic E-state index is -1.17. The number of aliphatic hydroxyl groups is 2. The van der Waals surface area contributed by atoms with E-state index in [9.17, 15) is 10.2 Å². The Balaban J connectivity index is 1.55. The molecule has 0 amide bonds. The predicted octanol–water partition coefficient (Wildman–Crippen LogP) is 1.87. The topological polar surface area (TPSA) is 68.2 Å². The van der Waals surface area contributed by atoms with Crippen LogP contribution in [0.5, 0.6) is 0 Å². The van der Waals surface area contributed by atoms with Gasteiger partial charge in [0.15, 0.2) is 6.29 Å². The summed E-state index contributed by atoms with van der Waals surface area (Å²) in [4.78, 5) is 0. The molecule has 0 bridgehead atoms. The second-order valence-corrected chi connectivity index (χ2v) is 5.81. The van der Waals surface area contributed by atoms with Crippen LogP contribution >= 0.6 is 0 Å². The van der Waals surface area contributed by atoms with Crippen LogP contribution in [0.2, 0.25) is 0 Å². The molecule has 1 aliphatic heterocycles. The fraction of sp³-hybridized carbons (Fsp3) is 0.368. The van der Waals surface area contributed by atoms with E-state index in [2.05, 4.69) is 0 Å². The van der Waals surface area contributed by atoms with Crippen LogP contribution in [0.15, 0.2) is 60.7 Å². The predicted molar refractivity (Wildman–Crippen MR) is 88.0 cm³/mol. The van der Waals surface area contributed by atoms with E-state index in [0.717, 1.165) is 11.1 Å². The number of benzene rings is 2. The molecule has 0 saturated carbocycles. The van der Waals surface area contributed by atoms with Crippen molar-refractivity contribution < 1.29 is 24.4 Å². The zero-order chi connectivity index (χ0) is 16.8. The summed E-state index contributed by atoms with van der Waals surface area (Å²) >= 11 is 0. The first-order chi connectivity index (χ1) is 11.7. The van der Waals surface area contributed by atoms with Crippen molar-refractivity contribution in [1.82, 2.24) is 0 Å². The van der Waals surface area contributed by atoms with Crippen molar-refractivity contribution in [3.63, 3.8) is 0 Å². The van der Waals surface area contributed by atoms with E-state index in [4.69, 9.17) is 14.2 Å². The molecule has 0 radical (unpaired) electrons. The summed E-state index contributed by atoms with van der Waals surface area (Å²) in [5.74, 6) is 0. The monoisotopic (exact) mass is 330 g/mol. The summed E-state index contributed by atoms with van der Waals surface area (Å²) in [6, 6.07) is 19.3. The van der Waals surface area contributed by atoms with E-state index in [1.165, 1.54) is 0 Å². The lowest BCUT2D eigenvalue weighted by molar-refractivity contribution is -0.276. The van der Waals surface area contributed by atoms with Crippen LogP contribution in [0, 0.1) is 0 Å². The van der Waals surface area contributed by atoms with Gasteiger partial charge in [0.25, 0.3) is 0 Å². The minimum absolute atomic E-state index is 0.125. The normalized spacial score (nSPS) is 27.1. The SMILES string of the molecule is OC1C(OCc2ccccc2)[C@H](O)OC[C@H]1OCc1ccccc1. The molecule has 3 rings (SSSR count). The molecule has 1 saturated heterocycles. The first-order valence-electron chi connectivity index (χ1n) is 8.03. The first kappa shape index (κ1) is 17.1. The maximum atomic E-state index is 10.5. The molecule has 4 atom stereocenters. The summed E-state index contributed by atoms with van der Waals surface area (Å²) in [6.07, 6.45) is -3.52. The second kappa shape index (κ2) is 8.37. The van der Waals surface area contributed by atoms with Crippen molar-refractivity contribution in [2.75, 3.05) is 6.61 Å². The van der Waals surface area contributed by atoms with Crippen LogP contribution in [0.3, 0.4) is 0 Å². The van der Waals surface area contributed by atoms with E-state index in [1.54, 1.807) is 0 Å². The van der Waals surface area contributed by atoms with Gasteiger partial charge in [-0.1, -0.05) is 60.7 Å². The lowest BCUT2D eigenvalue weighted by atomic mass is 10.0. The highest BCUT2D eigenvalue weighted by atomic mass is 16.7. The van der Waals surface area contributed by atoms with Gasteiger partial charge in [-0.2, -0.15) is 0 Å². The lowest BCUT2D eigenvalue weighted by Gasteiger charge is -2.37. The van der Waals surface area contributed by atoms with E-state index >= 15 is 0 Å². The molecule has 128 valence electrons.